The summed E-state index contributed by atoms with van der Waals surface area (Å²) in [5, 5.41) is 0. The van der Waals surface area contributed by atoms with Gasteiger partial charge in [-0.2, -0.15) is 4.31 Å². The molecule has 0 radical (unpaired) electrons. The van der Waals surface area contributed by atoms with Crippen molar-refractivity contribution in [2.75, 3.05) is 46.8 Å². The molecule has 1 fully saturated rings. The Kier molecular flexibility index (Phi) is 9.11. The number of benzene rings is 1. The number of nitrogens with zero attached hydrogens (tertiary/aromatic N) is 3. The molecule has 1 aromatic rings. The summed E-state index contributed by atoms with van der Waals surface area (Å²) in [6, 6.07) is 6.43. The van der Waals surface area contributed by atoms with E-state index in [9.17, 15) is 13.2 Å². The smallest absolute Gasteiger partial charge is 0.253 e. The Balaban J connectivity index is 2.16. The molecule has 164 valence electrons. The number of likely N-dealkylation sites (N-methyl/N-ethyl adjacent to an activating group) is 1. The maximum Gasteiger partial charge on any atom is 0.253 e. The van der Waals surface area contributed by atoms with Crippen molar-refractivity contribution >= 4 is 15.9 Å². The first-order valence-electron chi connectivity index (χ1n) is 10.8. The first kappa shape index (κ1) is 23.8. The van der Waals surface area contributed by atoms with Crippen LogP contribution in [0.1, 0.15) is 56.3 Å². The van der Waals surface area contributed by atoms with Crippen LogP contribution >= 0.6 is 0 Å². The Hall–Kier alpha value is -1.44. The van der Waals surface area contributed by atoms with Crippen molar-refractivity contribution in [3.8, 4) is 0 Å². The summed E-state index contributed by atoms with van der Waals surface area (Å²) in [7, 11) is 0.514. The monoisotopic (exact) mass is 423 g/mol. The summed E-state index contributed by atoms with van der Waals surface area (Å²) < 4.78 is 26.8. The molecular formula is C22H37N3O3S. The van der Waals surface area contributed by atoms with E-state index in [4.69, 9.17) is 0 Å². The quantitative estimate of drug-likeness (QED) is 0.579. The molecule has 0 aromatic heterocycles. The minimum absolute atomic E-state index is 0.00999. The molecule has 0 atom stereocenters. The third-order valence-corrected chi connectivity index (χ3v) is 7.82. The maximum absolute atomic E-state index is 13.2. The van der Waals surface area contributed by atoms with E-state index in [1.807, 2.05) is 32.8 Å². The van der Waals surface area contributed by atoms with E-state index in [-0.39, 0.29) is 10.8 Å². The number of hydrogen-bond acceptors (Lipinski definition) is 4. The van der Waals surface area contributed by atoms with Crippen LogP contribution in [-0.2, 0) is 10.0 Å². The summed E-state index contributed by atoms with van der Waals surface area (Å²) in [4.78, 5) is 17.5. The van der Waals surface area contributed by atoms with Gasteiger partial charge in [0.2, 0.25) is 10.0 Å². The van der Waals surface area contributed by atoms with Crippen LogP contribution in [0.3, 0.4) is 0 Å². The minimum Gasteiger partial charge on any atom is -0.337 e. The van der Waals surface area contributed by atoms with E-state index in [1.54, 1.807) is 24.3 Å². The first-order chi connectivity index (χ1) is 13.8. The molecule has 2 rings (SSSR count). The van der Waals surface area contributed by atoms with Crippen LogP contribution in [0.15, 0.2) is 29.2 Å². The lowest BCUT2D eigenvalue weighted by molar-refractivity contribution is 0.0701. The fourth-order valence-electron chi connectivity index (χ4n) is 3.94. The molecule has 1 aromatic carbocycles. The molecule has 0 heterocycles. The molecule has 1 saturated carbocycles. The highest BCUT2D eigenvalue weighted by molar-refractivity contribution is 7.89. The van der Waals surface area contributed by atoms with Crippen LogP contribution in [0.2, 0.25) is 0 Å². The molecule has 29 heavy (non-hydrogen) atoms. The maximum atomic E-state index is 13.2. The largest absolute Gasteiger partial charge is 0.337 e. The highest BCUT2D eigenvalue weighted by Gasteiger charge is 2.24. The lowest BCUT2D eigenvalue weighted by Gasteiger charge is -2.31. The summed E-state index contributed by atoms with van der Waals surface area (Å²) >= 11 is 0. The van der Waals surface area contributed by atoms with Crippen LogP contribution in [0.5, 0.6) is 0 Å². The van der Waals surface area contributed by atoms with Gasteiger partial charge in [-0.05, 0) is 57.1 Å². The second-order valence-corrected chi connectivity index (χ2v) is 10.1. The highest BCUT2D eigenvalue weighted by Crippen LogP contribution is 2.25. The van der Waals surface area contributed by atoms with Gasteiger partial charge in [-0.3, -0.25) is 4.79 Å². The number of rotatable bonds is 10. The van der Waals surface area contributed by atoms with Crippen molar-refractivity contribution < 1.29 is 13.2 Å². The van der Waals surface area contributed by atoms with Crippen LogP contribution < -0.4 is 0 Å². The normalized spacial score (nSPS) is 15.8. The van der Waals surface area contributed by atoms with Crippen molar-refractivity contribution in [3.63, 3.8) is 0 Å². The summed E-state index contributed by atoms with van der Waals surface area (Å²) in [6.07, 6.45) is 6.17. The van der Waals surface area contributed by atoms with Gasteiger partial charge in [0, 0.05) is 38.3 Å². The second kappa shape index (κ2) is 11.1. The van der Waals surface area contributed by atoms with Crippen LogP contribution in [-0.4, -0.2) is 75.2 Å². The number of carbonyl (C=O) groups excluding carboxylic acids is 1. The Morgan fingerprint density at radius 1 is 0.966 bits per heavy atom. The van der Waals surface area contributed by atoms with Crippen molar-refractivity contribution in [1.29, 1.82) is 0 Å². The average molecular weight is 424 g/mol. The SMILES string of the molecule is CCN(CC)S(=O)(=O)c1ccc(C(=O)N(CCN(C)C)CC2CCCCC2)cc1. The van der Waals surface area contributed by atoms with Crippen molar-refractivity contribution in [2.24, 2.45) is 5.92 Å². The first-order valence-corrected chi connectivity index (χ1v) is 12.3. The summed E-state index contributed by atoms with van der Waals surface area (Å²) in [5.74, 6) is 0.557. The lowest BCUT2D eigenvalue weighted by atomic mass is 9.89. The van der Waals surface area contributed by atoms with E-state index in [0.717, 1.165) is 13.1 Å². The zero-order valence-corrected chi connectivity index (χ0v) is 19.2. The summed E-state index contributed by atoms with van der Waals surface area (Å²) in [5.41, 5.74) is 0.554. The van der Waals surface area contributed by atoms with Gasteiger partial charge in [0.25, 0.3) is 5.91 Å². The van der Waals surface area contributed by atoms with Crippen LogP contribution in [0.4, 0.5) is 0 Å². The predicted molar refractivity (Wildman–Crippen MR) is 118 cm³/mol. The van der Waals surface area contributed by atoms with Gasteiger partial charge in [0.1, 0.15) is 0 Å². The van der Waals surface area contributed by atoms with E-state index in [1.165, 1.54) is 36.4 Å². The number of sulfonamides is 1. The molecule has 0 spiro atoms. The Morgan fingerprint density at radius 2 is 1.55 bits per heavy atom. The van der Waals surface area contributed by atoms with E-state index >= 15 is 0 Å². The van der Waals surface area contributed by atoms with Gasteiger partial charge in [-0.25, -0.2) is 8.42 Å². The average Bonchev–Trinajstić information content (AvgIpc) is 2.72. The lowest BCUT2D eigenvalue weighted by Crippen LogP contribution is -2.40. The zero-order valence-electron chi connectivity index (χ0n) is 18.4. The third-order valence-electron chi connectivity index (χ3n) is 5.75. The Bertz CT molecular complexity index is 737. The standard InChI is InChI=1S/C22H37N3O3S/c1-5-25(6-2)29(27,28)21-14-12-20(13-15-21)22(26)24(17-16-23(3)4)18-19-10-8-7-9-11-19/h12-15,19H,5-11,16-18H2,1-4H3. The molecular weight excluding hydrogens is 386 g/mol. The molecule has 7 heteroatoms. The van der Waals surface area contributed by atoms with Gasteiger partial charge in [0.15, 0.2) is 0 Å². The minimum atomic E-state index is -3.51. The van der Waals surface area contributed by atoms with Crippen molar-refractivity contribution in [1.82, 2.24) is 14.1 Å². The molecule has 0 aliphatic heterocycles. The zero-order chi connectivity index (χ0) is 21.4. The predicted octanol–water partition coefficient (Wildman–Crippen LogP) is 3.30. The number of carbonyl (C=O) groups is 1. The van der Waals surface area contributed by atoms with E-state index < -0.39 is 10.0 Å². The number of amides is 1. The summed E-state index contributed by atoms with van der Waals surface area (Å²) in [6.45, 7) is 6.79. The molecule has 0 bridgehead atoms. The highest BCUT2D eigenvalue weighted by atomic mass is 32.2. The van der Waals surface area contributed by atoms with E-state index in [0.29, 0.717) is 31.1 Å². The molecule has 1 amide bonds. The topological polar surface area (TPSA) is 60.9 Å². The van der Waals surface area contributed by atoms with Gasteiger partial charge in [-0.1, -0.05) is 33.1 Å². The fraction of sp³-hybridized carbons (Fsp3) is 0.682. The van der Waals surface area contributed by atoms with Gasteiger partial charge in [0.05, 0.1) is 4.90 Å². The van der Waals surface area contributed by atoms with Crippen molar-refractivity contribution in [3.05, 3.63) is 29.8 Å². The van der Waals surface area contributed by atoms with Gasteiger partial charge < -0.3 is 9.80 Å². The van der Waals surface area contributed by atoms with Crippen LogP contribution in [0.25, 0.3) is 0 Å². The third kappa shape index (κ3) is 6.52. The molecule has 6 nitrogen and oxygen atoms in total. The molecule has 0 N–H and O–H groups in total. The molecule has 0 unspecified atom stereocenters. The molecule has 0 saturated heterocycles. The molecule has 1 aliphatic rings. The Labute approximate surface area is 176 Å². The van der Waals surface area contributed by atoms with Crippen molar-refractivity contribution in [2.45, 2.75) is 50.8 Å². The van der Waals surface area contributed by atoms with E-state index in [2.05, 4.69) is 4.90 Å². The van der Waals surface area contributed by atoms with Crippen LogP contribution in [0, 0.1) is 5.92 Å². The molecule has 1 aliphatic carbocycles. The second-order valence-electron chi connectivity index (χ2n) is 8.17. The van der Waals surface area contributed by atoms with Gasteiger partial charge in [-0.15, -0.1) is 0 Å². The number of hydrogen-bond donors (Lipinski definition) is 0. The fourth-order valence-corrected chi connectivity index (χ4v) is 5.40. The van der Waals surface area contributed by atoms with Gasteiger partial charge >= 0.3 is 0 Å². The Morgan fingerprint density at radius 3 is 2.07 bits per heavy atom.